The highest BCUT2D eigenvalue weighted by Gasteiger charge is 2.36. The molecule has 0 radical (unpaired) electrons. The lowest BCUT2D eigenvalue weighted by atomic mass is 10.2. The third-order valence-corrected chi connectivity index (χ3v) is 9.28. The smallest absolute Gasteiger partial charge is 0.192 e. The number of methoxy groups -OCH3 is 2. The number of nitrogens with zero attached hydrogens (tertiary/aromatic N) is 1. The van der Waals surface area contributed by atoms with E-state index in [0.29, 0.717) is 0 Å². The molecule has 0 atom stereocenters. The van der Waals surface area contributed by atoms with Gasteiger partial charge in [-0.1, -0.05) is 20.8 Å². The monoisotopic (exact) mass is 339 g/mol. The summed E-state index contributed by atoms with van der Waals surface area (Å²) in [4.78, 5) is 2.30. The minimum absolute atomic E-state index is 0.243. The van der Waals surface area contributed by atoms with E-state index in [4.69, 9.17) is 13.9 Å². The third-order valence-electron chi connectivity index (χ3n) is 4.74. The van der Waals surface area contributed by atoms with Gasteiger partial charge in [0.15, 0.2) is 19.8 Å². The Morgan fingerprint density at radius 3 is 2.13 bits per heavy atom. The van der Waals surface area contributed by atoms with Crippen LogP contribution >= 0.6 is 0 Å². The number of ether oxygens (including phenoxy) is 2. The molecule has 1 aromatic rings. The minimum atomic E-state index is -1.69. The van der Waals surface area contributed by atoms with Crippen molar-refractivity contribution in [1.82, 2.24) is 0 Å². The van der Waals surface area contributed by atoms with Gasteiger partial charge in [-0.05, 0) is 37.2 Å². The van der Waals surface area contributed by atoms with E-state index in [1.54, 1.807) is 14.2 Å². The third kappa shape index (κ3) is 5.14. The fourth-order valence-electron chi connectivity index (χ4n) is 2.12. The number of rotatable bonds is 8. The predicted octanol–water partition coefficient (Wildman–Crippen LogP) is 4.55. The average molecular weight is 340 g/mol. The first-order valence-electron chi connectivity index (χ1n) is 8.27. The SMILES string of the molecule is CCN(CCO[Si](C)(C)C(C)(C)C)c1ccc(OC)c(OC)c1. The van der Waals surface area contributed by atoms with E-state index in [-0.39, 0.29) is 5.04 Å². The summed E-state index contributed by atoms with van der Waals surface area (Å²) in [5.41, 5.74) is 1.13. The molecule has 23 heavy (non-hydrogen) atoms. The first kappa shape index (κ1) is 19.8. The van der Waals surface area contributed by atoms with Gasteiger partial charge in [-0.15, -0.1) is 0 Å². The molecule has 0 aliphatic rings. The van der Waals surface area contributed by atoms with Gasteiger partial charge in [-0.25, -0.2) is 0 Å². The van der Waals surface area contributed by atoms with Crippen LogP contribution in [0.25, 0.3) is 0 Å². The van der Waals surface area contributed by atoms with Crippen LogP contribution in [0.2, 0.25) is 18.1 Å². The Morgan fingerprint density at radius 1 is 1.04 bits per heavy atom. The molecule has 0 unspecified atom stereocenters. The lowest BCUT2D eigenvalue weighted by Crippen LogP contribution is -2.42. The van der Waals surface area contributed by atoms with Crippen LogP contribution in [0.5, 0.6) is 11.5 Å². The standard InChI is InChI=1S/C18H33NO3Si/c1-9-19(12-13-22-23(7,8)18(2,3)4)15-10-11-16(20-5)17(14-15)21-6/h10-11,14H,9,12-13H2,1-8H3. The summed E-state index contributed by atoms with van der Waals surface area (Å²) in [6.07, 6.45) is 0. The molecule has 0 aliphatic carbocycles. The second kappa shape index (κ2) is 8.06. The van der Waals surface area contributed by atoms with Gasteiger partial charge in [0, 0.05) is 24.8 Å². The summed E-state index contributed by atoms with van der Waals surface area (Å²) < 4.78 is 17.0. The second-order valence-corrected chi connectivity index (χ2v) is 12.0. The van der Waals surface area contributed by atoms with E-state index in [1.807, 2.05) is 12.1 Å². The molecule has 0 N–H and O–H groups in total. The predicted molar refractivity (Wildman–Crippen MR) is 101 cm³/mol. The molecule has 1 aromatic carbocycles. The zero-order valence-corrected chi connectivity index (χ0v) is 17.0. The number of hydrogen-bond acceptors (Lipinski definition) is 4. The molecule has 4 nitrogen and oxygen atoms in total. The van der Waals surface area contributed by atoms with E-state index < -0.39 is 8.32 Å². The number of benzene rings is 1. The van der Waals surface area contributed by atoms with Crippen molar-refractivity contribution in [2.24, 2.45) is 0 Å². The quantitative estimate of drug-likeness (QED) is 0.650. The normalized spacial score (nSPS) is 12.2. The van der Waals surface area contributed by atoms with Crippen molar-refractivity contribution in [3.8, 4) is 11.5 Å². The van der Waals surface area contributed by atoms with Crippen molar-refractivity contribution >= 4 is 14.0 Å². The van der Waals surface area contributed by atoms with Crippen molar-refractivity contribution in [2.45, 2.75) is 45.8 Å². The van der Waals surface area contributed by atoms with Crippen LogP contribution in [-0.2, 0) is 4.43 Å². The zero-order valence-electron chi connectivity index (χ0n) is 16.0. The molecular formula is C18H33NO3Si. The topological polar surface area (TPSA) is 30.9 Å². The zero-order chi connectivity index (χ0) is 17.7. The van der Waals surface area contributed by atoms with E-state index in [1.165, 1.54) is 0 Å². The maximum atomic E-state index is 6.29. The highest BCUT2D eigenvalue weighted by molar-refractivity contribution is 6.74. The summed E-state index contributed by atoms with van der Waals surface area (Å²) in [5.74, 6) is 1.51. The molecule has 0 saturated heterocycles. The van der Waals surface area contributed by atoms with E-state index in [9.17, 15) is 0 Å². The molecule has 132 valence electrons. The van der Waals surface area contributed by atoms with Gasteiger partial charge >= 0.3 is 0 Å². The fourth-order valence-corrected chi connectivity index (χ4v) is 3.15. The molecule has 0 amide bonds. The van der Waals surface area contributed by atoms with Gasteiger partial charge in [0.2, 0.25) is 0 Å². The van der Waals surface area contributed by atoms with Crippen molar-refractivity contribution < 1.29 is 13.9 Å². The van der Waals surface area contributed by atoms with Crippen LogP contribution in [0.15, 0.2) is 18.2 Å². The number of anilines is 1. The summed E-state index contributed by atoms with van der Waals surface area (Å²) in [6.45, 7) is 16.1. The lowest BCUT2D eigenvalue weighted by Gasteiger charge is -2.37. The molecule has 0 heterocycles. The Bertz CT molecular complexity index is 498. The Labute approximate surface area is 142 Å². The van der Waals surface area contributed by atoms with Crippen LogP contribution < -0.4 is 14.4 Å². The number of hydrogen-bond donors (Lipinski definition) is 0. The molecule has 0 aromatic heterocycles. The van der Waals surface area contributed by atoms with E-state index >= 15 is 0 Å². The molecule has 5 heteroatoms. The van der Waals surface area contributed by atoms with Gasteiger partial charge in [-0.2, -0.15) is 0 Å². The largest absolute Gasteiger partial charge is 0.493 e. The highest BCUT2D eigenvalue weighted by atomic mass is 28.4. The fraction of sp³-hybridized carbons (Fsp3) is 0.667. The highest BCUT2D eigenvalue weighted by Crippen LogP contribution is 2.36. The van der Waals surface area contributed by atoms with Crippen molar-refractivity contribution in [2.75, 3.05) is 38.8 Å². The summed E-state index contributed by atoms with van der Waals surface area (Å²) in [7, 11) is 1.63. The molecule has 0 aliphatic heterocycles. The first-order valence-corrected chi connectivity index (χ1v) is 11.2. The first-order chi connectivity index (χ1) is 10.7. The Morgan fingerprint density at radius 2 is 1.65 bits per heavy atom. The van der Waals surface area contributed by atoms with Crippen molar-refractivity contribution in [1.29, 1.82) is 0 Å². The van der Waals surface area contributed by atoms with Crippen LogP contribution in [0, 0.1) is 0 Å². The maximum Gasteiger partial charge on any atom is 0.192 e. The summed E-state index contributed by atoms with van der Waals surface area (Å²) >= 11 is 0. The van der Waals surface area contributed by atoms with Gasteiger partial charge in [0.05, 0.1) is 20.8 Å². The van der Waals surface area contributed by atoms with E-state index in [2.05, 4.69) is 51.8 Å². The lowest BCUT2D eigenvalue weighted by molar-refractivity contribution is 0.294. The van der Waals surface area contributed by atoms with Crippen LogP contribution in [0.1, 0.15) is 27.7 Å². The minimum Gasteiger partial charge on any atom is -0.493 e. The van der Waals surface area contributed by atoms with Crippen molar-refractivity contribution in [3.63, 3.8) is 0 Å². The van der Waals surface area contributed by atoms with Crippen LogP contribution in [0.4, 0.5) is 5.69 Å². The van der Waals surface area contributed by atoms with E-state index in [0.717, 1.165) is 36.9 Å². The summed E-state index contributed by atoms with van der Waals surface area (Å²) in [5, 5.41) is 0.243. The Balaban J connectivity index is 2.75. The van der Waals surface area contributed by atoms with Crippen molar-refractivity contribution in [3.05, 3.63) is 18.2 Å². The molecule has 0 fully saturated rings. The Kier molecular flexibility index (Phi) is 6.95. The average Bonchev–Trinajstić information content (AvgIpc) is 2.49. The second-order valence-electron chi connectivity index (χ2n) is 7.23. The van der Waals surface area contributed by atoms with Gasteiger partial charge < -0.3 is 18.8 Å². The van der Waals surface area contributed by atoms with Gasteiger partial charge in [-0.3, -0.25) is 0 Å². The van der Waals surface area contributed by atoms with Gasteiger partial charge in [0.1, 0.15) is 0 Å². The van der Waals surface area contributed by atoms with Crippen LogP contribution in [0.3, 0.4) is 0 Å². The molecular weight excluding hydrogens is 306 g/mol. The number of likely N-dealkylation sites (N-methyl/N-ethyl adjacent to an activating group) is 1. The molecule has 1 rings (SSSR count). The molecule has 0 saturated carbocycles. The van der Waals surface area contributed by atoms with Crippen LogP contribution in [-0.4, -0.2) is 42.2 Å². The maximum absolute atomic E-state index is 6.29. The summed E-state index contributed by atoms with van der Waals surface area (Å²) in [6, 6.07) is 6.04. The Hall–Kier alpha value is -1.20. The molecule has 0 spiro atoms. The van der Waals surface area contributed by atoms with Gasteiger partial charge in [0.25, 0.3) is 0 Å². The molecule has 0 bridgehead atoms.